The van der Waals surface area contributed by atoms with Gasteiger partial charge in [-0.05, 0) is 54.9 Å². The fraction of sp³-hybridized carbons (Fsp3) is 0.633. The van der Waals surface area contributed by atoms with Crippen LogP contribution in [0.25, 0.3) is 0 Å². The minimum atomic E-state index is -1.13. The van der Waals surface area contributed by atoms with Gasteiger partial charge in [-0.15, -0.1) is 0 Å². The Morgan fingerprint density at radius 3 is 2.58 bits per heavy atom. The monoisotopic (exact) mass is 523 g/mol. The molecular weight excluding hydrogens is 482 g/mol. The van der Waals surface area contributed by atoms with Crippen LogP contribution in [0, 0.1) is 29.6 Å². The number of fused-ring (bicyclic) bond motifs is 1. The summed E-state index contributed by atoms with van der Waals surface area (Å²) >= 11 is 0. The van der Waals surface area contributed by atoms with Crippen LogP contribution >= 0.6 is 0 Å². The lowest BCUT2D eigenvalue weighted by molar-refractivity contribution is -0.141. The zero-order valence-electron chi connectivity index (χ0n) is 23.1. The van der Waals surface area contributed by atoms with E-state index < -0.39 is 29.6 Å². The van der Waals surface area contributed by atoms with Crippen LogP contribution in [0.5, 0.6) is 5.75 Å². The predicted molar refractivity (Wildman–Crippen MR) is 144 cm³/mol. The summed E-state index contributed by atoms with van der Waals surface area (Å²) in [6, 6.07) is 6.37. The first-order valence-corrected chi connectivity index (χ1v) is 14.1. The maximum absolute atomic E-state index is 14.0. The molecule has 3 amide bonds. The van der Waals surface area contributed by atoms with E-state index in [1.54, 1.807) is 36.3 Å². The standard InChI is InChI=1S/C30H41N3O5/c1-17(2)14-16-33-26(28(35)32-22-8-6-7-18(3)19(22)4)30-15-13-23(38-30)24(25(30)29(33)36)27(34)31-20-9-11-21(37-5)12-10-20/h9-13,15,17-19,22-26H,6-8,14,16H2,1-5H3,(H,31,34)(H,32,35)/t18-,19+,22-,23-,24+,25-,26-,30-/m1/s1. The molecule has 5 rings (SSSR count). The van der Waals surface area contributed by atoms with Crippen LogP contribution in [-0.4, -0.2) is 60.1 Å². The van der Waals surface area contributed by atoms with Crippen molar-refractivity contribution >= 4 is 23.4 Å². The maximum atomic E-state index is 14.0. The van der Waals surface area contributed by atoms with Crippen LogP contribution in [0.15, 0.2) is 36.4 Å². The molecule has 206 valence electrons. The summed E-state index contributed by atoms with van der Waals surface area (Å²) in [7, 11) is 1.59. The van der Waals surface area contributed by atoms with E-state index >= 15 is 0 Å². The number of hydrogen-bond donors (Lipinski definition) is 2. The quantitative estimate of drug-likeness (QED) is 0.506. The van der Waals surface area contributed by atoms with Gasteiger partial charge < -0.3 is 25.0 Å². The molecule has 0 aromatic heterocycles. The van der Waals surface area contributed by atoms with E-state index in [1.165, 1.54) is 6.42 Å². The molecule has 1 aliphatic carbocycles. The molecule has 38 heavy (non-hydrogen) atoms. The molecule has 8 heteroatoms. The van der Waals surface area contributed by atoms with Crippen molar-refractivity contribution in [1.29, 1.82) is 0 Å². The molecule has 3 heterocycles. The molecule has 0 radical (unpaired) electrons. The Bertz CT molecular complexity index is 1100. The number of carbonyl (C=O) groups excluding carboxylic acids is 3. The fourth-order valence-corrected chi connectivity index (χ4v) is 6.85. The van der Waals surface area contributed by atoms with E-state index in [9.17, 15) is 14.4 Å². The molecule has 2 saturated heterocycles. The molecule has 1 aromatic carbocycles. The number of benzene rings is 1. The minimum Gasteiger partial charge on any atom is -0.497 e. The van der Waals surface area contributed by atoms with Gasteiger partial charge in [-0.2, -0.15) is 0 Å². The maximum Gasteiger partial charge on any atom is 0.246 e. The van der Waals surface area contributed by atoms with Crippen molar-refractivity contribution in [3.8, 4) is 5.75 Å². The van der Waals surface area contributed by atoms with Gasteiger partial charge in [0.25, 0.3) is 0 Å². The molecule has 3 aliphatic heterocycles. The van der Waals surface area contributed by atoms with Gasteiger partial charge in [-0.25, -0.2) is 0 Å². The number of anilines is 1. The summed E-state index contributed by atoms with van der Waals surface area (Å²) in [6.07, 6.45) is 7.15. The molecule has 2 N–H and O–H groups in total. The van der Waals surface area contributed by atoms with Gasteiger partial charge in [0.05, 0.1) is 25.0 Å². The van der Waals surface area contributed by atoms with Crippen molar-refractivity contribution in [3.05, 3.63) is 36.4 Å². The summed E-state index contributed by atoms with van der Waals surface area (Å²) in [5.74, 6) is -0.0997. The Balaban J connectivity index is 1.41. The highest BCUT2D eigenvalue weighted by Gasteiger charge is 2.72. The first kappa shape index (κ1) is 26.7. The number of likely N-dealkylation sites (tertiary alicyclic amines) is 1. The summed E-state index contributed by atoms with van der Waals surface area (Å²) in [5.41, 5.74) is -0.512. The van der Waals surface area contributed by atoms with Crippen LogP contribution in [0.1, 0.15) is 53.4 Å². The first-order valence-electron chi connectivity index (χ1n) is 14.1. The van der Waals surface area contributed by atoms with Gasteiger partial charge in [0.15, 0.2) is 0 Å². The normalized spacial score (nSPS) is 35.5. The minimum absolute atomic E-state index is 0.0699. The summed E-state index contributed by atoms with van der Waals surface area (Å²) in [4.78, 5) is 43.2. The number of hydrogen-bond acceptors (Lipinski definition) is 5. The Labute approximate surface area is 225 Å². The lowest BCUT2D eigenvalue weighted by Crippen LogP contribution is -2.58. The Kier molecular flexibility index (Phi) is 7.29. The Morgan fingerprint density at radius 2 is 1.89 bits per heavy atom. The average molecular weight is 524 g/mol. The molecule has 3 fully saturated rings. The van der Waals surface area contributed by atoms with E-state index in [1.807, 2.05) is 12.2 Å². The molecule has 2 bridgehead atoms. The number of methoxy groups -OCH3 is 1. The van der Waals surface area contributed by atoms with Crippen LogP contribution in [-0.2, 0) is 19.1 Å². The molecule has 8 nitrogen and oxygen atoms in total. The molecule has 8 atom stereocenters. The second kappa shape index (κ2) is 10.4. The third kappa shape index (κ3) is 4.51. The van der Waals surface area contributed by atoms with Crippen LogP contribution in [0.2, 0.25) is 0 Å². The van der Waals surface area contributed by atoms with Crippen LogP contribution < -0.4 is 15.4 Å². The highest BCUT2D eigenvalue weighted by atomic mass is 16.5. The highest BCUT2D eigenvalue weighted by Crippen LogP contribution is 2.55. The van der Waals surface area contributed by atoms with Gasteiger partial charge in [0, 0.05) is 18.3 Å². The third-order valence-electron chi connectivity index (χ3n) is 9.26. The molecule has 0 unspecified atom stereocenters. The fourth-order valence-electron chi connectivity index (χ4n) is 6.85. The molecular formula is C30H41N3O5. The lowest BCUT2D eigenvalue weighted by atomic mass is 9.73. The van der Waals surface area contributed by atoms with E-state index in [-0.39, 0.29) is 23.8 Å². The third-order valence-corrected chi connectivity index (χ3v) is 9.26. The van der Waals surface area contributed by atoms with Crippen molar-refractivity contribution in [1.82, 2.24) is 10.2 Å². The Hall–Kier alpha value is -2.87. The van der Waals surface area contributed by atoms with Crippen molar-refractivity contribution in [3.63, 3.8) is 0 Å². The van der Waals surface area contributed by atoms with Crippen molar-refractivity contribution in [2.45, 2.75) is 77.2 Å². The molecule has 1 saturated carbocycles. The number of ether oxygens (including phenoxy) is 2. The second-order valence-corrected chi connectivity index (χ2v) is 12.0. The zero-order valence-corrected chi connectivity index (χ0v) is 23.1. The smallest absolute Gasteiger partial charge is 0.246 e. The highest BCUT2D eigenvalue weighted by molar-refractivity contribution is 6.02. The van der Waals surface area contributed by atoms with Crippen LogP contribution in [0.3, 0.4) is 0 Å². The van der Waals surface area contributed by atoms with Gasteiger partial charge in [-0.3, -0.25) is 14.4 Å². The molecule has 1 spiro atoms. The van der Waals surface area contributed by atoms with Gasteiger partial charge in [-0.1, -0.05) is 52.7 Å². The van der Waals surface area contributed by atoms with Gasteiger partial charge >= 0.3 is 0 Å². The summed E-state index contributed by atoms with van der Waals surface area (Å²) < 4.78 is 11.7. The first-order chi connectivity index (χ1) is 18.2. The van der Waals surface area contributed by atoms with Crippen molar-refractivity contribution in [2.75, 3.05) is 19.0 Å². The predicted octanol–water partition coefficient (Wildman–Crippen LogP) is 3.77. The number of amides is 3. The number of nitrogens with one attached hydrogen (secondary N) is 2. The van der Waals surface area contributed by atoms with E-state index in [2.05, 4.69) is 38.3 Å². The van der Waals surface area contributed by atoms with E-state index in [4.69, 9.17) is 9.47 Å². The number of rotatable bonds is 8. The summed E-state index contributed by atoms with van der Waals surface area (Å²) in [5, 5.41) is 6.26. The van der Waals surface area contributed by atoms with Gasteiger partial charge in [0.1, 0.15) is 17.4 Å². The van der Waals surface area contributed by atoms with E-state index in [0.29, 0.717) is 35.7 Å². The van der Waals surface area contributed by atoms with Crippen molar-refractivity contribution in [2.24, 2.45) is 29.6 Å². The number of carbonyl (C=O) groups is 3. The Morgan fingerprint density at radius 1 is 1.16 bits per heavy atom. The topological polar surface area (TPSA) is 97.0 Å². The molecule has 1 aromatic rings. The van der Waals surface area contributed by atoms with E-state index in [0.717, 1.165) is 19.3 Å². The average Bonchev–Trinajstić information content (AvgIpc) is 3.53. The molecule has 4 aliphatic rings. The van der Waals surface area contributed by atoms with Gasteiger partial charge in [0.2, 0.25) is 17.7 Å². The lowest BCUT2D eigenvalue weighted by Gasteiger charge is -2.38. The van der Waals surface area contributed by atoms with Crippen molar-refractivity contribution < 1.29 is 23.9 Å². The summed E-state index contributed by atoms with van der Waals surface area (Å²) in [6.45, 7) is 9.10. The SMILES string of the molecule is COc1ccc(NC(=O)[C@H]2[C@H]3C=C[C@@]4(O3)[C@H]2C(=O)N(CCC(C)C)[C@@H]4C(=O)N[C@@H]2CCC[C@@H](C)[C@@H]2C)cc1. The zero-order chi connectivity index (χ0) is 27.2. The van der Waals surface area contributed by atoms with Crippen LogP contribution in [0.4, 0.5) is 5.69 Å². The largest absolute Gasteiger partial charge is 0.497 e. The number of nitrogens with zero attached hydrogens (tertiary/aromatic N) is 1. The second-order valence-electron chi connectivity index (χ2n) is 12.0.